The smallest absolute Gasteiger partial charge is 0.399 e. The number of hydrogen-bond donors (Lipinski definition) is 0. The Bertz CT molecular complexity index is 575. The summed E-state index contributed by atoms with van der Waals surface area (Å²) in [5.74, 6) is -3.45. The van der Waals surface area contributed by atoms with E-state index in [4.69, 9.17) is 21.1 Å². The van der Waals surface area contributed by atoms with Gasteiger partial charge in [0.15, 0.2) is 5.15 Å². The molecule has 4 heterocycles. The van der Waals surface area contributed by atoms with Crippen LogP contribution in [0.1, 0.15) is 18.0 Å². The molecule has 1 aromatic heterocycles. The Morgan fingerprint density at radius 2 is 2.05 bits per heavy atom. The second-order valence-corrected chi connectivity index (χ2v) is 5.71. The first-order chi connectivity index (χ1) is 9.12. The lowest BCUT2D eigenvalue weighted by molar-refractivity contribution is -0.248. The minimum Gasteiger partial charge on any atom is -0.399 e. The van der Waals surface area contributed by atoms with E-state index in [1.807, 2.05) is 4.90 Å². The average Bonchev–Trinajstić information content (AvgIpc) is 3.08. The highest BCUT2D eigenvalue weighted by Crippen LogP contribution is 2.54. The summed E-state index contributed by atoms with van der Waals surface area (Å²) in [5.41, 5.74) is 0.543. The fourth-order valence-corrected chi connectivity index (χ4v) is 4.03. The van der Waals surface area contributed by atoms with Gasteiger partial charge in [-0.25, -0.2) is 14.5 Å². The van der Waals surface area contributed by atoms with E-state index < -0.39 is 17.8 Å². The van der Waals surface area contributed by atoms with E-state index >= 15 is 0 Å². The predicted molar refractivity (Wildman–Crippen MR) is 62.3 cm³/mol. The molecule has 3 atom stereocenters. The van der Waals surface area contributed by atoms with Crippen LogP contribution in [0.2, 0.25) is 5.15 Å². The number of aromatic nitrogens is 2. The highest BCUT2D eigenvalue weighted by Gasteiger charge is 2.68. The van der Waals surface area contributed by atoms with Gasteiger partial charge in [-0.2, -0.15) is 8.75 Å². The number of piperidine rings is 1. The van der Waals surface area contributed by atoms with Gasteiger partial charge in [0, 0.05) is 13.1 Å². The first-order valence-electron chi connectivity index (χ1n) is 5.81. The topological polar surface area (TPSA) is 81.6 Å². The van der Waals surface area contributed by atoms with E-state index in [2.05, 4.69) is 8.75 Å². The van der Waals surface area contributed by atoms with Crippen LogP contribution in [0.25, 0.3) is 0 Å². The third-order valence-corrected chi connectivity index (χ3v) is 4.86. The summed E-state index contributed by atoms with van der Waals surface area (Å²) >= 11 is 7.02. The molecule has 1 aromatic rings. The van der Waals surface area contributed by atoms with Crippen molar-refractivity contribution in [2.45, 2.75) is 18.2 Å². The lowest BCUT2D eigenvalue weighted by Gasteiger charge is -2.36. The van der Waals surface area contributed by atoms with Crippen LogP contribution in [0, 0.1) is 5.92 Å². The van der Waals surface area contributed by atoms with Crippen molar-refractivity contribution in [1.29, 1.82) is 0 Å². The van der Waals surface area contributed by atoms with Crippen LogP contribution in [0.3, 0.4) is 0 Å². The zero-order valence-electron chi connectivity index (χ0n) is 9.54. The molecular weight excluding hydrogens is 294 g/mol. The summed E-state index contributed by atoms with van der Waals surface area (Å²) < 4.78 is 18.6. The molecule has 0 aromatic carbocycles. The number of esters is 2. The fourth-order valence-electron chi connectivity index (χ4n) is 3.23. The van der Waals surface area contributed by atoms with Crippen molar-refractivity contribution in [3.63, 3.8) is 0 Å². The number of fused-ring (bicyclic) bond motifs is 3. The van der Waals surface area contributed by atoms with Crippen LogP contribution in [-0.2, 0) is 19.1 Å². The van der Waals surface area contributed by atoms with E-state index in [9.17, 15) is 9.59 Å². The summed E-state index contributed by atoms with van der Waals surface area (Å²) in [4.78, 5) is 24.7. The van der Waals surface area contributed by atoms with E-state index in [0.29, 0.717) is 12.2 Å². The van der Waals surface area contributed by atoms with Gasteiger partial charge in [0.05, 0.1) is 11.7 Å². The maximum atomic E-state index is 11.4. The van der Waals surface area contributed by atoms with Crippen LogP contribution in [0.4, 0.5) is 0 Å². The molecule has 3 saturated heterocycles. The summed E-state index contributed by atoms with van der Waals surface area (Å²) in [5, 5.41) is 0.280. The molecule has 0 amide bonds. The van der Waals surface area contributed by atoms with E-state index in [0.717, 1.165) is 24.7 Å². The average molecular weight is 302 g/mol. The molecule has 9 heteroatoms. The molecule has 2 bridgehead atoms. The fraction of sp³-hybridized carbons (Fsp3) is 0.600. The van der Waals surface area contributed by atoms with Gasteiger partial charge >= 0.3 is 17.8 Å². The zero-order valence-corrected chi connectivity index (χ0v) is 11.1. The standard InChI is InChI=1S/C10H8ClN3O4S/c11-7-6(12-19-13-7)5-4-1-2-14(3-4)10(5)17-8(15)9(16)18-10/h4-5H,1-3H2. The van der Waals surface area contributed by atoms with Gasteiger partial charge in [0.2, 0.25) is 0 Å². The zero-order chi connectivity index (χ0) is 13.2. The Morgan fingerprint density at radius 1 is 1.32 bits per heavy atom. The minimum absolute atomic E-state index is 0.195. The van der Waals surface area contributed by atoms with E-state index in [-0.39, 0.29) is 17.0 Å². The Labute approximate surface area is 116 Å². The van der Waals surface area contributed by atoms with Crippen molar-refractivity contribution >= 4 is 35.3 Å². The molecule has 3 aliphatic heterocycles. The highest BCUT2D eigenvalue weighted by atomic mass is 35.5. The Morgan fingerprint density at radius 3 is 2.68 bits per heavy atom. The number of carbonyl (C=O) groups excluding carboxylic acids is 2. The van der Waals surface area contributed by atoms with Crippen molar-refractivity contribution in [2.24, 2.45) is 5.92 Å². The van der Waals surface area contributed by atoms with Gasteiger partial charge in [-0.15, -0.1) is 0 Å². The van der Waals surface area contributed by atoms with Gasteiger partial charge in [0.1, 0.15) is 11.6 Å². The monoisotopic (exact) mass is 301 g/mol. The van der Waals surface area contributed by atoms with Gasteiger partial charge < -0.3 is 9.47 Å². The van der Waals surface area contributed by atoms with Gasteiger partial charge in [-0.3, -0.25) is 0 Å². The Hall–Kier alpha value is -1.25. The normalized spacial score (nSPS) is 34.9. The van der Waals surface area contributed by atoms with Crippen molar-refractivity contribution in [1.82, 2.24) is 13.6 Å². The van der Waals surface area contributed by atoms with Crippen molar-refractivity contribution in [3.05, 3.63) is 10.8 Å². The molecule has 100 valence electrons. The summed E-state index contributed by atoms with van der Waals surface area (Å²) in [6.07, 6.45) is 0.926. The molecule has 3 unspecified atom stereocenters. The Kier molecular flexibility index (Phi) is 2.22. The molecule has 3 aliphatic rings. The van der Waals surface area contributed by atoms with Crippen molar-refractivity contribution in [2.75, 3.05) is 13.1 Å². The summed E-state index contributed by atoms with van der Waals surface area (Å²) in [7, 11) is 0. The van der Waals surface area contributed by atoms with Crippen LogP contribution < -0.4 is 0 Å². The maximum Gasteiger partial charge on any atom is 0.421 e. The summed E-state index contributed by atoms with van der Waals surface area (Å²) in [6, 6.07) is 0. The SMILES string of the molecule is O=C1OC2(OC1=O)C(c1nsnc1Cl)C1CCN2C1. The number of carbonyl (C=O) groups is 2. The first-order valence-corrected chi connectivity index (χ1v) is 6.92. The molecule has 0 aliphatic carbocycles. The van der Waals surface area contributed by atoms with Crippen LogP contribution >= 0.6 is 23.3 Å². The molecule has 4 rings (SSSR count). The van der Waals surface area contributed by atoms with Crippen LogP contribution in [0.15, 0.2) is 0 Å². The van der Waals surface area contributed by atoms with Crippen LogP contribution in [0.5, 0.6) is 0 Å². The predicted octanol–water partition coefficient (Wildman–Crippen LogP) is 0.364. The quantitative estimate of drug-likeness (QED) is 0.547. The number of rotatable bonds is 1. The third-order valence-electron chi connectivity index (χ3n) is 3.94. The number of ether oxygens (including phenoxy) is 2. The van der Waals surface area contributed by atoms with Gasteiger partial charge in [-0.1, -0.05) is 11.6 Å². The third kappa shape index (κ3) is 1.36. The number of nitrogens with zero attached hydrogens (tertiary/aromatic N) is 3. The number of hydrogen-bond acceptors (Lipinski definition) is 8. The molecule has 3 fully saturated rings. The second kappa shape index (κ2) is 3.65. The largest absolute Gasteiger partial charge is 0.421 e. The minimum atomic E-state index is -1.36. The molecule has 0 radical (unpaired) electrons. The van der Waals surface area contributed by atoms with E-state index in [1.165, 1.54) is 0 Å². The highest BCUT2D eigenvalue weighted by molar-refractivity contribution is 6.99. The number of halogens is 1. The van der Waals surface area contributed by atoms with E-state index in [1.54, 1.807) is 0 Å². The molecule has 0 N–H and O–H groups in total. The van der Waals surface area contributed by atoms with Crippen molar-refractivity contribution < 1.29 is 19.1 Å². The lowest BCUT2D eigenvalue weighted by atomic mass is 9.87. The molecule has 7 nitrogen and oxygen atoms in total. The maximum absolute atomic E-state index is 11.4. The first kappa shape index (κ1) is 11.6. The molecule has 1 spiro atoms. The second-order valence-electron chi connectivity index (χ2n) is 4.82. The van der Waals surface area contributed by atoms with Crippen molar-refractivity contribution in [3.8, 4) is 0 Å². The Balaban J connectivity index is 1.83. The van der Waals surface area contributed by atoms with Crippen LogP contribution in [-0.4, -0.2) is 44.6 Å². The molecular formula is C10H8ClN3O4S. The molecule has 0 saturated carbocycles. The molecule has 19 heavy (non-hydrogen) atoms. The summed E-state index contributed by atoms with van der Waals surface area (Å²) in [6.45, 7) is 1.41. The van der Waals surface area contributed by atoms with Gasteiger partial charge in [-0.05, 0) is 12.3 Å². The lowest BCUT2D eigenvalue weighted by Crippen LogP contribution is -2.50. The van der Waals surface area contributed by atoms with Gasteiger partial charge in [0.25, 0.3) is 0 Å².